The van der Waals surface area contributed by atoms with Crippen LogP contribution in [0.3, 0.4) is 0 Å². The maximum Gasteiger partial charge on any atom is 0.315 e. The smallest absolute Gasteiger partial charge is 0.315 e. The van der Waals surface area contributed by atoms with Crippen LogP contribution < -0.4 is 15.4 Å². The SMILES string of the molecule is O=C(NCCOc1ccc(F)cc1)NC1CCCC1. The normalized spacial score (nSPS) is 15.2. The summed E-state index contributed by atoms with van der Waals surface area (Å²) in [4.78, 5) is 11.5. The van der Waals surface area contributed by atoms with Crippen molar-refractivity contribution in [2.45, 2.75) is 31.7 Å². The lowest BCUT2D eigenvalue weighted by molar-refractivity contribution is 0.233. The van der Waals surface area contributed by atoms with Gasteiger partial charge in [0.15, 0.2) is 0 Å². The van der Waals surface area contributed by atoms with Crippen LogP contribution in [0.4, 0.5) is 9.18 Å². The van der Waals surface area contributed by atoms with E-state index in [0.29, 0.717) is 24.9 Å². The topological polar surface area (TPSA) is 50.4 Å². The zero-order valence-electron chi connectivity index (χ0n) is 10.8. The fourth-order valence-corrected chi connectivity index (χ4v) is 2.17. The standard InChI is InChI=1S/C14H19FN2O2/c15-11-5-7-13(8-6-11)19-10-9-16-14(18)17-12-3-1-2-4-12/h5-8,12H,1-4,9-10H2,(H2,16,17,18). The van der Waals surface area contributed by atoms with Crippen molar-refractivity contribution in [3.05, 3.63) is 30.1 Å². The molecule has 1 aliphatic rings. The molecule has 0 aliphatic heterocycles. The fraction of sp³-hybridized carbons (Fsp3) is 0.500. The van der Waals surface area contributed by atoms with Gasteiger partial charge in [0.1, 0.15) is 18.2 Å². The highest BCUT2D eigenvalue weighted by Gasteiger charge is 2.16. The summed E-state index contributed by atoms with van der Waals surface area (Å²) in [5.74, 6) is 0.306. The summed E-state index contributed by atoms with van der Waals surface area (Å²) in [6, 6.07) is 5.99. The van der Waals surface area contributed by atoms with Gasteiger partial charge in [-0.15, -0.1) is 0 Å². The van der Waals surface area contributed by atoms with Crippen LogP contribution in [0.25, 0.3) is 0 Å². The molecule has 0 atom stereocenters. The molecule has 1 aliphatic carbocycles. The Morgan fingerprint density at radius 3 is 2.63 bits per heavy atom. The molecule has 4 nitrogen and oxygen atoms in total. The number of hydrogen-bond acceptors (Lipinski definition) is 2. The maximum atomic E-state index is 12.7. The van der Waals surface area contributed by atoms with Crippen molar-refractivity contribution in [1.82, 2.24) is 10.6 Å². The second-order valence-corrected chi connectivity index (χ2v) is 4.68. The monoisotopic (exact) mass is 266 g/mol. The Hall–Kier alpha value is -1.78. The first-order valence-corrected chi connectivity index (χ1v) is 6.67. The molecule has 2 rings (SSSR count). The summed E-state index contributed by atoms with van der Waals surface area (Å²) in [5, 5.41) is 5.67. The number of hydrogen-bond donors (Lipinski definition) is 2. The summed E-state index contributed by atoms with van der Waals surface area (Å²) in [6.45, 7) is 0.791. The molecule has 1 aromatic rings. The first-order chi connectivity index (χ1) is 9.24. The minimum Gasteiger partial charge on any atom is -0.492 e. The van der Waals surface area contributed by atoms with Crippen LogP contribution in [0.1, 0.15) is 25.7 Å². The number of urea groups is 1. The number of carbonyl (C=O) groups is 1. The molecule has 1 saturated carbocycles. The lowest BCUT2D eigenvalue weighted by Gasteiger charge is -2.13. The quantitative estimate of drug-likeness (QED) is 0.804. The van der Waals surface area contributed by atoms with E-state index in [4.69, 9.17) is 4.74 Å². The molecule has 0 heterocycles. The Kier molecular flexibility index (Phi) is 5.01. The van der Waals surface area contributed by atoms with Crippen molar-refractivity contribution in [3.8, 4) is 5.75 Å². The fourth-order valence-electron chi connectivity index (χ4n) is 2.17. The minimum absolute atomic E-state index is 0.144. The van der Waals surface area contributed by atoms with Crippen LogP contribution in [0.5, 0.6) is 5.75 Å². The van der Waals surface area contributed by atoms with E-state index in [0.717, 1.165) is 12.8 Å². The molecule has 1 fully saturated rings. The molecule has 1 aromatic carbocycles. The highest BCUT2D eigenvalue weighted by molar-refractivity contribution is 5.74. The molecule has 2 N–H and O–H groups in total. The zero-order chi connectivity index (χ0) is 13.5. The van der Waals surface area contributed by atoms with E-state index in [1.165, 1.54) is 25.0 Å². The van der Waals surface area contributed by atoms with Crippen molar-refractivity contribution in [2.24, 2.45) is 0 Å². The van der Waals surface area contributed by atoms with Crippen molar-refractivity contribution >= 4 is 6.03 Å². The van der Waals surface area contributed by atoms with Crippen molar-refractivity contribution in [1.29, 1.82) is 0 Å². The zero-order valence-corrected chi connectivity index (χ0v) is 10.8. The van der Waals surface area contributed by atoms with Crippen molar-refractivity contribution in [2.75, 3.05) is 13.2 Å². The highest BCUT2D eigenvalue weighted by atomic mass is 19.1. The van der Waals surface area contributed by atoms with Crippen molar-refractivity contribution < 1.29 is 13.9 Å². The molecule has 0 unspecified atom stereocenters. The van der Waals surface area contributed by atoms with Crippen LogP contribution in [0.15, 0.2) is 24.3 Å². The second-order valence-electron chi connectivity index (χ2n) is 4.68. The van der Waals surface area contributed by atoms with E-state index >= 15 is 0 Å². The van der Waals surface area contributed by atoms with Gasteiger partial charge in [0, 0.05) is 6.04 Å². The lowest BCUT2D eigenvalue weighted by atomic mass is 10.2. The predicted octanol–water partition coefficient (Wildman–Crippen LogP) is 2.45. The highest BCUT2D eigenvalue weighted by Crippen LogP contribution is 2.17. The molecule has 19 heavy (non-hydrogen) atoms. The van der Waals surface area contributed by atoms with Gasteiger partial charge in [0.2, 0.25) is 0 Å². The summed E-state index contributed by atoms with van der Waals surface area (Å²) in [7, 11) is 0. The average Bonchev–Trinajstić information content (AvgIpc) is 2.89. The van der Waals surface area contributed by atoms with E-state index in [-0.39, 0.29) is 11.8 Å². The van der Waals surface area contributed by atoms with Crippen molar-refractivity contribution in [3.63, 3.8) is 0 Å². The van der Waals surface area contributed by atoms with Gasteiger partial charge in [-0.25, -0.2) is 9.18 Å². The summed E-state index contributed by atoms with van der Waals surface area (Å²) in [6.07, 6.45) is 4.52. The molecular formula is C14H19FN2O2. The number of amides is 2. The van der Waals surface area contributed by atoms with Crippen LogP contribution in [-0.4, -0.2) is 25.2 Å². The molecule has 2 amide bonds. The van der Waals surface area contributed by atoms with E-state index in [1.54, 1.807) is 12.1 Å². The van der Waals surface area contributed by atoms with E-state index in [9.17, 15) is 9.18 Å². The number of benzene rings is 1. The second kappa shape index (κ2) is 6.97. The Morgan fingerprint density at radius 2 is 1.95 bits per heavy atom. The Bertz CT molecular complexity index is 402. The number of nitrogens with one attached hydrogen (secondary N) is 2. The van der Waals surface area contributed by atoms with Crippen LogP contribution in [0.2, 0.25) is 0 Å². The Balaban J connectivity index is 1.58. The van der Waals surface area contributed by atoms with E-state index in [2.05, 4.69) is 10.6 Å². The molecular weight excluding hydrogens is 247 g/mol. The predicted molar refractivity (Wildman–Crippen MR) is 70.7 cm³/mol. The largest absolute Gasteiger partial charge is 0.492 e. The minimum atomic E-state index is -0.290. The Morgan fingerprint density at radius 1 is 1.26 bits per heavy atom. The molecule has 0 saturated heterocycles. The molecule has 0 spiro atoms. The number of ether oxygens (including phenoxy) is 1. The molecule has 0 aromatic heterocycles. The van der Waals surface area contributed by atoms with Gasteiger partial charge >= 0.3 is 6.03 Å². The van der Waals surface area contributed by atoms with Gasteiger partial charge in [-0.2, -0.15) is 0 Å². The summed E-state index contributed by atoms with van der Waals surface area (Å²) in [5.41, 5.74) is 0. The average molecular weight is 266 g/mol. The number of carbonyl (C=O) groups excluding carboxylic acids is 1. The van der Waals surface area contributed by atoms with Crippen LogP contribution in [0, 0.1) is 5.82 Å². The molecule has 5 heteroatoms. The van der Waals surface area contributed by atoms with E-state index in [1.807, 2.05) is 0 Å². The number of halogens is 1. The third-order valence-electron chi connectivity index (χ3n) is 3.16. The van der Waals surface area contributed by atoms with Crippen LogP contribution in [-0.2, 0) is 0 Å². The first-order valence-electron chi connectivity index (χ1n) is 6.67. The Labute approximate surface area is 112 Å². The maximum absolute atomic E-state index is 12.7. The van der Waals surface area contributed by atoms with Gasteiger partial charge in [0.05, 0.1) is 6.54 Å². The van der Waals surface area contributed by atoms with Gasteiger partial charge in [-0.3, -0.25) is 0 Å². The lowest BCUT2D eigenvalue weighted by Crippen LogP contribution is -2.42. The van der Waals surface area contributed by atoms with E-state index < -0.39 is 0 Å². The third-order valence-corrected chi connectivity index (χ3v) is 3.16. The molecule has 104 valence electrons. The van der Waals surface area contributed by atoms with Gasteiger partial charge in [-0.05, 0) is 37.1 Å². The molecule has 0 radical (unpaired) electrons. The summed E-state index contributed by atoms with van der Waals surface area (Å²) >= 11 is 0. The number of rotatable bonds is 5. The molecule has 0 bridgehead atoms. The van der Waals surface area contributed by atoms with Crippen LogP contribution >= 0.6 is 0 Å². The van der Waals surface area contributed by atoms with Gasteiger partial charge in [-0.1, -0.05) is 12.8 Å². The summed E-state index contributed by atoms with van der Waals surface area (Å²) < 4.78 is 18.0. The van der Waals surface area contributed by atoms with Gasteiger partial charge in [0.25, 0.3) is 0 Å². The third kappa shape index (κ3) is 4.77. The first kappa shape index (κ1) is 13.6. The van der Waals surface area contributed by atoms with Gasteiger partial charge < -0.3 is 15.4 Å².